The zero-order valence-electron chi connectivity index (χ0n) is 16.6. The van der Waals surface area contributed by atoms with Crippen LogP contribution >= 0.6 is 7.37 Å². The van der Waals surface area contributed by atoms with Crippen LogP contribution in [0.1, 0.15) is 32.3 Å². The Morgan fingerprint density at radius 3 is 2.07 bits per heavy atom. The van der Waals surface area contributed by atoms with Gasteiger partial charge in [0, 0.05) is 17.5 Å². The van der Waals surface area contributed by atoms with Crippen LogP contribution in [0.15, 0.2) is 54.6 Å². The van der Waals surface area contributed by atoms with Gasteiger partial charge in [-0.3, -0.25) is 4.57 Å². The van der Waals surface area contributed by atoms with E-state index in [2.05, 4.69) is 0 Å². The van der Waals surface area contributed by atoms with Crippen molar-refractivity contribution in [3.8, 4) is 11.5 Å². The third-order valence-electron chi connectivity index (χ3n) is 4.42. The van der Waals surface area contributed by atoms with Gasteiger partial charge in [0.25, 0.3) is 0 Å². The molecule has 5 heteroatoms. The largest absolute Gasteiger partial charge is 0.497 e. The van der Waals surface area contributed by atoms with Gasteiger partial charge in [-0.15, -0.1) is 0 Å². The summed E-state index contributed by atoms with van der Waals surface area (Å²) in [5.74, 6) is 1.20. The lowest BCUT2D eigenvalue weighted by molar-refractivity contribution is 0.200. The van der Waals surface area contributed by atoms with Crippen molar-refractivity contribution >= 4 is 18.7 Å². The number of hydrogen-bond acceptors (Lipinski definition) is 4. The Bertz CT molecular complexity index is 760. The fourth-order valence-corrected chi connectivity index (χ4v) is 5.00. The van der Waals surface area contributed by atoms with E-state index in [0.717, 1.165) is 18.4 Å². The molecular formula is C22H29O4P. The standard InChI is InChI=1S/C22H29O4P/c1-5-19(6-2)26-27(23,14-10-13-18-11-8-7-9-12-18)22-16-20(24-3)15-21(17-22)25-4/h7-13,15-17,19H,5-6,14H2,1-4H3/b13-10+/t27-/m1/s1. The highest BCUT2D eigenvalue weighted by Gasteiger charge is 2.29. The van der Waals surface area contributed by atoms with Gasteiger partial charge in [-0.25, -0.2) is 0 Å². The van der Waals surface area contributed by atoms with Crippen LogP contribution in [-0.4, -0.2) is 26.5 Å². The summed E-state index contributed by atoms with van der Waals surface area (Å²) in [7, 11) is 0.0428. The molecule has 0 saturated heterocycles. The number of hydrogen-bond donors (Lipinski definition) is 0. The maximum Gasteiger partial charge on any atom is 0.236 e. The summed E-state index contributed by atoms with van der Waals surface area (Å²) >= 11 is 0. The van der Waals surface area contributed by atoms with E-state index in [1.807, 2.05) is 56.3 Å². The van der Waals surface area contributed by atoms with Crippen LogP contribution in [0.25, 0.3) is 6.08 Å². The van der Waals surface area contributed by atoms with Crippen molar-refractivity contribution in [3.05, 3.63) is 60.2 Å². The molecule has 2 aromatic carbocycles. The average Bonchev–Trinajstić information content (AvgIpc) is 2.72. The monoisotopic (exact) mass is 388 g/mol. The maximum atomic E-state index is 13.9. The highest BCUT2D eigenvalue weighted by Crippen LogP contribution is 2.49. The Hall–Kier alpha value is -2.03. The Labute approximate surface area is 162 Å². The Kier molecular flexibility index (Phi) is 8.15. The van der Waals surface area contributed by atoms with E-state index >= 15 is 0 Å². The SMILES string of the molecule is CCC(CC)O[P@](=O)(C/C=C/c1ccccc1)c1cc(OC)cc(OC)c1. The highest BCUT2D eigenvalue weighted by atomic mass is 31.2. The summed E-state index contributed by atoms with van der Waals surface area (Å²) in [4.78, 5) is 0. The number of ether oxygens (including phenoxy) is 2. The van der Waals surface area contributed by atoms with E-state index in [4.69, 9.17) is 14.0 Å². The number of rotatable bonds is 10. The molecule has 27 heavy (non-hydrogen) atoms. The third-order valence-corrected chi connectivity index (χ3v) is 6.79. The van der Waals surface area contributed by atoms with Gasteiger partial charge in [-0.2, -0.15) is 0 Å². The molecule has 2 aromatic rings. The number of benzene rings is 2. The molecule has 0 aliphatic rings. The van der Waals surface area contributed by atoms with Gasteiger partial charge in [-0.05, 0) is 30.5 Å². The van der Waals surface area contributed by atoms with E-state index in [-0.39, 0.29) is 6.10 Å². The second-order valence-corrected chi connectivity index (χ2v) is 8.72. The van der Waals surface area contributed by atoms with Gasteiger partial charge in [-0.1, -0.05) is 56.3 Å². The van der Waals surface area contributed by atoms with Gasteiger partial charge >= 0.3 is 0 Å². The first-order valence-corrected chi connectivity index (χ1v) is 11.1. The number of allylic oxidation sites excluding steroid dienone is 1. The van der Waals surface area contributed by atoms with Crippen molar-refractivity contribution in [1.82, 2.24) is 0 Å². The molecule has 0 amide bonds. The molecular weight excluding hydrogens is 359 g/mol. The summed E-state index contributed by atoms with van der Waals surface area (Å²) in [5, 5.41) is 0.614. The lowest BCUT2D eigenvalue weighted by atomic mass is 10.2. The predicted octanol–water partition coefficient (Wildman–Crippen LogP) is 5.53. The molecule has 146 valence electrons. The molecule has 0 saturated carbocycles. The quantitative estimate of drug-likeness (QED) is 0.502. The van der Waals surface area contributed by atoms with Crippen LogP contribution in [0.3, 0.4) is 0 Å². The molecule has 0 N–H and O–H groups in total. The summed E-state index contributed by atoms with van der Waals surface area (Å²) in [6.45, 7) is 4.09. The molecule has 0 radical (unpaired) electrons. The second kappa shape index (κ2) is 10.3. The second-order valence-electron chi connectivity index (χ2n) is 6.28. The van der Waals surface area contributed by atoms with Gasteiger partial charge < -0.3 is 14.0 Å². The van der Waals surface area contributed by atoms with Crippen molar-refractivity contribution < 1.29 is 18.6 Å². The maximum absolute atomic E-state index is 13.9. The van der Waals surface area contributed by atoms with Gasteiger partial charge in [0.1, 0.15) is 11.5 Å². The predicted molar refractivity (Wildman–Crippen MR) is 113 cm³/mol. The van der Waals surface area contributed by atoms with E-state index in [9.17, 15) is 4.57 Å². The smallest absolute Gasteiger partial charge is 0.236 e. The molecule has 0 aliphatic heterocycles. The van der Waals surface area contributed by atoms with Crippen LogP contribution in [0.4, 0.5) is 0 Å². The molecule has 2 rings (SSSR count). The molecule has 0 aliphatic carbocycles. The Morgan fingerprint density at radius 2 is 1.56 bits per heavy atom. The first-order chi connectivity index (χ1) is 13.0. The summed E-state index contributed by atoms with van der Waals surface area (Å²) in [5.41, 5.74) is 1.06. The van der Waals surface area contributed by atoms with E-state index in [1.54, 1.807) is 32.4 Å². The van der Waals surface area contributed by atoms with Crippen LogP contribution < -0.4 is 14.8 Å². The Balaban J connectivity index is 2.37. The van der Waals surface area contributed by atoms with Crippen molar-refractivity contribution in [2.75, 3.05) is 20.4 Å². The number of methoxy groups -OCH3 is 2. The van der Waals surface area contributed by atoms with Gasteiger partial charge in [0.2, 0.25) is 7.37 Å². The zero-order valence-corrected chi connectivity index (χ0v) is 17.4. The van der Waals surface area contributed by atoms with Gasteiger partial charge in [0.05, 0.1) is 20.3 Å². The lowest BCUT2D eigenvalue weighted by Crippen LogP contribution is -2.17. The highest BCUT2D eigenvalue weighted by molar-refractivity contribution is 7.67. The van der Waals surface area contributed by atoms with Crippen LogP contribution in [0.2, 0.25) is 0 Å². The fraction of sp³-hybridized carbons (Fsp3) is 0.364. The average molecular weight is 388 g/mol. The van der Waals surface area contributed by atoms with Crippen LogP contribution in [-0.2, 0) is 9.09 Å². The van der Waals surface area contributed by atoms with Crippen LogP contribution in [0, 0.1) is 0 Å². The summed E-state index contributed by atoms with van der Waals surface area (Å²) in [6.07, 6.45) is 5.77. The van der Waals surface area contributed by atoms with Crippen molar-refractivity contribution in [3.63, 3.8) is 0 Å². The minimum atomic E-state index is -3.12. The molecule has 0 bridgehead atoms. The first-order valence-electron chi connectivity index (χ1n) is 9.27. The van der Waals surface area contributed by atoms with Crippen LogP contribution in [0.5, 0.6) is 11.5 Å². The topological polar surface area (TPSA) is 44.8 Å². The summed E-state index contributed by atoms with van der Waals surface area (Å²) in [6, 6.07) is 15.3. The minimum absolute atomic E-state index is 0.0573. The molecule has 1 atom stereocenters. The summed E-state index contributed by atoms with van der Waals surface area (Å²) < 4.78 is 30.7. The van der Waals surface area contributed by atoms with Crippen molar-refractivity contribution in [2.45, 2.75) is 32.8 Å². The molecule has 0 heterocycles. The molecule has 4 nitrogen and oxygen atoms in total. The zero-order chi connectivity index (χ0) is 19.7. The molecule has 0 unspecified atom stereocenters. The molecule has 0 spiro atoms. The normalized spacial score (nSPS) is 13.7. The van der Waals surface area contributed by atoms with Crippen molar-refractivity contribution in [2.24, 2.45) is 0 Å². The van der Waals surface area contributed by atoms with Gasteiger partial charge in [0.15, 0.2) is 0 Å². The third kappa shape index (κ3) is 5.98. The lowest BCUT2D eigenvalue weighted by Gasteiger charge is -2.24. The van der Waals surface area contributed by atoms with E-state index in [1.165, 1.54) is 0 Å². The molecule has 0 aromatic heterocycles. The fourth-order valence-electron chi connectivity index (χ4n) is 2.77. The van der Waals surface area contributed by atoms with E-state index < -0.39 is 7.37 Å². The van der Waals surface area contributed by atoms with Crippen molar-refractivity contribution in [1.29, 1.82) is 0 Å². The minimum Gasteiger partial charge on any atom is -0.497 e. The Morgan fingerprint density at radius 1 is 0.963 bits per heavy atom. The van der Waals surface area contributed by atoms with E-state index in [0.29, 0.717) is 23.0 Å². The molecule has 0 fully saturated rings. The first kappa shape index (κ1) is 21.3.